The summed E-state index contributed by atoms with van der Waals surface area (Å²) >= 11 is 8.41. The third kappa shape index (κ3) is 3.25. The second kappa shape index (κ2) is 6.55. The quantitative estimate of drug-likeness (QED) is 0.415. The zero-order valence-corrected chi connectivity index (χ0v) is 13.5. The van der Waals surface area contributed by atoms with Crippen LogP contribution in [0.15, 0.2) is 71.6 Å². The van der Waals surface area contributed by atoms with Gasteiger partial charge >= 0.3 is 0 Å². The van der Waals surface area contributed by atoms with Gasteiger partial charge in [0.25, 0.3) is 0 Å². The molecule has 0 aliphatic carbocycles. The Balaban J connectivity index is 1.87. The number of fused-ring (bicyclic) bond motifs is 1. The van der Waals surface area contributed by atoms with Crippen LogP contribution in [-0.2, 0) is 6.42 Å². The van der Waals surface area contributed by atoms with E-state index in [2.05, 4.69) is 73.0 Å². The first-order valence-corrected chi connectivity index (χ1v) is 8.68. The summed E-state index contributed by atoms with van der Waals surface area (Å²) in [5, 5.41) is 2.56. The maximum Gasteiger partial charge on any atom is 0.0636 e. The highest BCUT2D eigenvalue weighted by Gasteiger charge is 2.12. The molecule has 1 atom stereocenters. The summed E-state index contributed by atoms with van der Waals surface area (Å²) in [6.45, 7) is 0. The largest absolute Gasteiger partial charge is 0.129 e. The van der Waals surface area contributed by atoms with Gasteiger partial charge in [-0.05, 0) is 40.6 Å². The molecule has 0 saturated carbocycles. The smallest absolute Gasteiger partial charge is 0.0636 e. The van der Waals surface area contributed by atoms with Crippen molar-refractivity contribution in [1.82, 2.24) is 0 Å². The summed E-state index contributed by atoms with van der Waals surface area (Å²) in [6, 6.07) is 23.4. The Labute approximate surface area is 135 Å². The molecule has 21 heavy (non-hydrogen) atoms. The number of benzene rings is 3. The number of hydrogen-bond donors (Lipinski definition) is 0. The Morgan fingerprint density at radius 3 is 2.43 bits per heavy atom. The normalized spacial score (nSPS) is 12.5. The minimum atomic E-state index is 0.00909. The van der Waals surface area contributed by atoms with Crippen molar-refractivity contribution in [2.24, 2.45) is 0 Å². The van der Waals surface area contributed by atoms with Gasteiger partial charge in [-0.2, -0.15) is 0 Å². The summed E-state index contributed by atoms with van der Waals surface area (Å²) < 4.78 is 0. The highest BCUT2D eigenvalue weighted by atomic mass is 35.5. The SMILES string of the molecule is CSc1ccccc1C(Cl)Cc1ccc2ccccc2c1. The van der Waals surface area contributed by atoms with Gasteiger partial charge < -0.3 is 0 Å². The van der Waals surface area contributed by atoms with Gasteiger partial charge in [0.2, 0.25) is 0 Å². The molecule has 0 bridgehead atoms. The van der Waals surface area contributed by atoms with Crippen molar-refractivity contribution in [3.05, 3.63) is 77.9 Å². The fraction of sp³-hybridized carbons (Fsp3) is 0.158. The zero-order chi connectivity index (χ0) is 14.7. The van der Waals surface area contributed by atoms with Crippen LogP contribution in [0.1, 0.15) is 16.5 Å². The molecule has 0 nitrogen and oxygen atoms in total. The Hall–Kier alpha value is -1.44. The number of halogens is 1. The van der Waals surface area contributed by atoms with Crippen LogP contribution in [0.4, 0.5) is 0 Å². The van der Waals surface area contributed by atoms with E-state index in [9.17, 15) is 0 Å². The molecule has 0 fully saturated rings. The average molecular weight is 313 g/mol. The number of rotatable bonds is 4. The van der Waals surface area contributed by atoms with Crippen LogP contribution in [0.25, 0.3) is 10.8 Å². The fourth-order valence-electron chi connectivity index (χ4n) is 2.61. The third-order valence-corrected chi connectivity index (χ3v) is 4.91. The molecule has 3 rings (SSSR count). The highest BCUT2D eigenvalue weighted by molar-refractivity contribution is 7.98. The van der Waals surface area contributed by atoms with E-state index in [1.54, 1.807) is 11.8 Å². The second-order valence-corrected chi connectivity index (χ2v) is 6.47. The van der Waals surface area contributed by atoms with Crippen LogP contribution in [0.5, 0.6) is 0 Å². The van der Waals surface area contributed by atoms with Gasteiger partial charge in [0.15, 0.2) is 0 Å². The maximum absolute atomic E-state index is 6.66. The van der Waals surface area contributed by atoms with Crippen molar-refractivity contribution in [2.45, 2.75) is 16.7 Å². The van der Waals surface area contributed by atoms with Crippen molar-refractivity contribution >= 4 is 34.1 Å². The van der Waals surface area contributed by atoms with Crippen LogP contribution in [0.2, 0.25) is 0 Å². The average Bonchev–Trinajstić information content (AvgIpc) is 2.54. The highest BCUT2D eigenvalue weighted by Crippen LogP contribution is 2.32. The number of thioether (sulfide) groups is 1. The van der Waals surface area contributed by atoms with Gasteiger partial charge in [0, 0.05) is 4.90 Å². The van der Waals surface area contributed by atoms with E-state index in [4.69, 9.17) is 11.6 Å². The van der Waals surface area contributed by atoms with Crippen LogP contribution in [0, 0.1) is 0 Å². The Bertz CT molecular complexity index is 751. The number of alkyl halides is 1. The molecule has 0 saturated heterocycles. The lowest BCUT2D eigenvalue weighted by Crippen LogP contribution is -1.97. The second-order valence-electron chi connectivity index (χ2n) is 5.10. The van der Waals surface area contributed by atoms with Crippen LogP contribution >= 0.6 is 23.4 Å². The minimum Gasteiger partial charge on any atom is -0.129 e. The van der Waals surface area contributed by atoms with Crippen LogP contribution in [0.3, 0.4) is 0 Å². The molecule has 2 heteroatoms. The first-order chi connectivity index (χ1) is 10.3. The molecule has 106 valence electrons. The van der Waals surface area contributed by atoms with Crippen LogP contribution < -0.4 is 0 Å². The summed E-state index contributed by atoms with van der Waals surface area (Å²) in [7, 11) is 0. The van der Waals surface area contributed by atoms with Crippen molar-refractivity contribution < 1.29 is 0 Å². The van der Waals surface area contributed by atoms with Gasteiger partial charge in [-0.3, -0.25) is 0 Å². The first-order valence-electron chi connectivity index (χ1n) is 7.02. The summed E-state index contributed by atoms with van der Waals surface area (Å²) in [4.78, 5) is 1.26. The van der Waals surface area contributed by atoms with E-state index in [1.807, 2.05) is 0 Å². The zero-order valence-electron chi connectivity index (χ0n) is 11.9. The van der Waals surface area contributed by atoms with Crippen molar-refractivity contribution in [3.8, 4) is 0 Å². The van der Waals surface area contributed by atoms with E-state index in [0.717, 1.165) is 6.42 Å². The van der Waals surface area contributed by atoms with Gasteiger partial charge in [-0.1, -0.05) is 60.7 Å². The predicted octanol–water partition coefficient (Wildman–Crippen LogP) is 6.08. The fourth-order valence-corrected chi connectivity index (χ4v) is 3.70. The summed E-state index contributed by atoms with van der Waals surface area (Å²) in [5.74, 6) is 0. The van der Waals surface area contributed by atoms with E-state index in [1.165, 1.54) is 26.8 Å². The Morgan fingerprint density at radius 1 is 0.905 bits per heavy atom. The van der Waals surface area contributed by atoms with Crippen molar-refractivity contribution in [1.29, 1.82) is 0 Å². The standard InChI is InChI=1S/C19H17ClS/c1-21-19-9-5-4-8-17(19)18(20)13-14-10-11-15-6-2-3-7-16(15)12-14/h2-12,18H,13H2,1H3. The molecule has 3 aromatic carbocycles. The molecular formula is C19H17ClS. The molecule has 0 N–H and O–H groups in total. The molecule has 0 aliphatic heterocycles. The van der Waals surface area contributed by atoms with E-state index in [-0.39, 0.29) is 5.38 Å². The van der Waals surface area contributed by atoms with Gasteiger partial charge in [0.05, 0.1) is 5.38 Å². The first kappa shape index (κ1) is 14.5. The lowest BCUT2D eigenvalue weighted by Gasteiger charge is -2.14. The Morgan fingerprint density at radius 2 is 1.62 bits per heavy atom. The van der Waals surface area contributed by atoms with E-state index < -0.39 is 0 Å². The molecule has 0 amide bonds. The topological polar surface area (TPSA) is 0 Å². The molecule has 0 heterocycles. The van der Waals surface area contributed by atoms with Gasteiger partial charge in [0.1, 0.15) is 0 Å². The monoisotopic (exact) mass is 312 g/mol. The number of hydrogen-bond acceptors (Lipinski definition) is 1. The lowest BCUT2D eigenvalue weighted by atomic mass is 10.0. The van der Waals surface area contributed by atoms with E-state index >= 15 is 0 Å². The van der Waals surface area contributed by atoms with E-state index in [0.29, 0.717) is 0 Å². The van der Waals surface area contributed by atoms with Crippen molar-refractivity contribution in [3.63, 3.8) is 0 Å². The summed E-state index contributed by atoms with van der Waals surface area (Å²) in [5.41, 5.74) is 2.50. The summed E-state index contributed by atoms with van der Waals surface area (Å²) in [6.07, 6.45) is 2.95. The molecule has 0 aromatic heterocycles. The van der Waals surface area contributed by atoms with Crippen LogP contribution in [-0.4, -0.2) is 6.26 Å². The molecule has 0 radical (unpaired) electrons. The lowest BCUT2D eigenvalue weighted by molar-refractivity contribution is 0.898. The van der Waals surface area contributed by atoms with Gasteiger partial charge in [-0.15, -0.1) is 23.4 Å². The molecule has 3 aromatic rings. The predicted molar refractivity (Wildman–Crippen MR) is 94.5 cm³/mol. The van der Waals surface area contributed by atoms with Gasteiger partial charge in [-0.25, -0.2) is 0 Å². The third-order valence-electron chi connectivity index (χ3n) is 3.71. The molecular weight excluding hydrogens is 296 g/mol. The van der Waals surface area contributed by atoms with Crippen molar-refractivity contribution in [2.75, 3.05) is 6.26 Å². The molecule has 0 aliphatic rings. The molecule has 0 spiro atoms. The minimum absolute atomic E-state index is 0.00909. The Kier molecular flexibility index (Phi) is 4.52. The molecule has 1 unspecified atom stereocenters. The maximum atomic E-state index is 6.66.